The summed E-state index contributed by atoms with van der Waals surface area (Å²) in [5.41, 5.74) is 4.62. The number of rotatable bonds is 10. The van der Waals surface area contributed by atoms with Gasteiger partial charge >= 0.3 is 6.09 Å². The molecular formula is C31H45N3O4. The van der Waals surface area contributed by atoms with Crippen molar-refractivity contribution in [2.24, 2.45) is 0 Å². The van der Waals surface area contributed by atoms with Crippen LogP contribution in [0.3, 0.4) is 0 Å². The Morgan fingerprint density at radius 2 is 1.58 bits per heavy atom. The molecule has 0 radical (unpaired) electrons. The molecule has 0 aliphatic heterocycles. The van der Waals surface area contributed by atoms with E-state index in [-0.39, 0.29) is 11.8 Å². The van der Waals surface area contributed by atoms with Crippen LogP contribution < -0.4 is 10.6 Å². The monoisotopic (exact) mass is 523 g/mol. The molecule has 2 unspecified atom stereocenters. The van der Waals surface area contributed by atoms with Crippen LogP contribution in [0.15, 0.2) is 36.4 Å². The van der Waals surface area contributed by atoms with E-state index in [1.54, 1.807) is 32.6 Å². The van der Waals surface area contributed by atoms with Gasteiger partial charge in [0.05, 0.1) is 0 Å². The number of anilines is 1. The van der Waals surface area contributed by atoms with Gasteiger partial charge in [0.15, 0.2) is 0 Å². The number of nitrogens with zero attached hydrogens (tertiary/aromatic N) is 1. The second-order valence-electron chi connectivity index (χ2n) is 11.1. The molecule has 7 heteroatoms. The largest absolute Gasteiger partial charge is 0.444 e. The molecule has 0 saturated carbocycles. The molecule has 7 nitrogen and oxygen atoms in total. The molecule has 2 rings (SSSR count). The van der Waals surface area contributed by atoms with E-state index in [9.17, 15) is 14.4 Å². The zero-order chi connectivity index (χ0) is 28.6. The number of nitrogens with one attached hydrogen (secondary N) is 2. The van der Waals surface area contributed by atoms with Gasteiger partial charge in [-0.3, -0.25) is 9.59 Å². The minimum Gasteiger partial charge on any atom is -0.444 e. The molecule has 0 spiro atoms. The number of aryl methyl sites for hydroxylation is 4. The van der Waals surface area contributed by atoms with Gasteiger partial charge in [-0.15, -0.1) is 0 Å². The molecule has 0 heterocycles. The van der Waals surface area contributed by atoms with Crippen LogP contribution in [0.25, 0.3) is 0 Å². The van der Waals surface area contributed by atoms with E-state index in [0.717, 1.165) is 52.8 Å². The van der Waals surface area contributed by atoms with Crippen LogP contribution >= 0.6 is 0 Å². The molecule has 0 saturated heterocycles. The number of carbonyl (C=O) groups is 3. The average Bonchev–Trinajstić information content (AvgIpc) is 2.81. The normalized spacial score (nSPS) is 12.9. The molecule has 0 aromatic heterocycles. The van der Waals surface area contributed by atoms with Gasteiger partial charge in [0.1, 0.15) is 17.7 Å². The number of unbranched alkanes of at least 4 members (excludes halogenated alkanes) is 2. The molecule has 0 fully saturated rings. The fourth-order valence-electron chi connectivity index (χ4n) is 4.40. The van der Waals surface area contributed by atoms with Crippen LogP contribution in [0.5, 0.6) is 0 Å². The highest BCUT2D eigenvalue weighted by Gasteiger charge is 2.35. The Morgan fingerprint density at radius 1 is 0.947 bits per heavy atom. The third-order valence-corrected chi connectivity index (χ3v) is 6.41. The number of hydrogen-bond donors (Lipinski definition) is 2. The smallest absolute Gasteiger partial charge is 0.408 e. The van der Waals surface area contributed by atoms with E-state index in [0.29, 0.717) is 6.54 Å². The number of hydrogen-bond acceptors (Lipinski definition) is 4. The summed E-state index contributed by atoms with van der Waals surface area (Å²) in [6.45, 7) is 17.2. The van der Waals surface area contributed by atoms with Gasteiger partial charge in [-0.2, -0.15) is 0 Å². The van der Waals surface area contributed by atoms with Crippen molar-refractivity contribution in [3.05, 3.63) is 64.2 Å². The van der Waals surface area contributed by atoms with E-state index in [1.807, 2.05) is 64.1 Å². The highest BCUT2D eigenvalue weighted by molar-refractivity contribution is 6.00. The lowest BCUT2D eigenvalue weighted by atomic mass is 9.95. The van der Waals surface area contributed by atoms with Crippen LogP contribution in [0.1, 0.15) is 87.7 Å². The Kier molecular flexibility index (Phi) is 10.9. The molecule has 2 atom stereocenters. The molecule has 0 aliphatic rings. The summed E-state index contributed by atoms with van der Waals surface area (Å²) in [5.74, 6) is -0.625. The summed E-state index contributed by atoms with van der Waals surface area (Å²) in [6, 6.07) is 10.0. The van der Waals surface area contributed by atoms with Crippen LogP contribution in [-0.2, 0) is 14.3 Å². The Balaban J connectivity index is 2.54. The third-order valence-electron chi connectivity index (χ3n) is 6.41. The van der Waals surface area contributed by atoms with Gasteiger partial charge in [-0.1, -0.05) is 61.7 Å². The lowest BCUT2D eigenvalue weighted by molar-refractivity contribution is -0.140. The minimum absolute atomic E-state index is 0.287. The molecule has 2 aromatic rings. The highest BCUT2D eigenvalue weighted by atomic mass is 16.6. The first-order valence-electron chi connectivity index (χ1n) is 13.5. The summed E-state index contributed by atoms with van der Waals surface area (Å²) in [4.78, 5) is 42.1. The van der Waals surface area contributed by atoms with Crippen molar-refractivity contribution in [1.29, 1.82) is 0 Å². The number of carbonyl (C=O) groups excluding carboxylic acids is 3. The Morgan fingerprint density at radius 3 is 2.16 bits per heavy atom. The minimum atomic E-state index is -0.882. The first-order chi connectivity index (χ1) is 17.7. The number of amides is 3. The Hall–Kier alpha value is -3.35. The van der Waals surface area contributed by atoms with E-state index in [2.05, 4.69) is 17.6 Å². The van der Waals surface area contributed by atoms with Crippen LogP contribution in [-0.4, -0.2) is 41.0 Å². The second-order valence-corrected chi connectivity index (χ2v) is 11.1. The van der Waals surface area contributed by atoms with Gasteiger partial charge in [-0.25, -0.2) is 4.79 Å². The van der Waals surface area contributed by atoms with Crippen molar-refractivity contribution in [1.82, 2.24) is 10.2 Å². The summed E-state index contributed by atoms with van der Waals surface area (Å²) in [7, 11) is 0. The van der Waals surface area contributed by atoms with E-state index < -0.39 is 23.8 Å². The summed E-state index contributed by atoms with van der Waals surface area (Å²) < 4.78 is 5.37. The fourth-order valence-corrected chi connectivity index (χ4v) is 4.40. The summed E-state index contributed by atoms with van der Waals surface area (Å²) >= 11 is 0. The van der Waals surface area contributed by atoms with Crippen molar-refractivity contribution in [3.8, 4) is 0 Å². The van der Waals surface area contributed by atoms with Gasteiger partial charge in [0, 0.05) is 12.2 Å². The van der Waals surface area contributed by atoms with Crippen LogP contribution in [0, 0.1) is 27.7 Å². The maximum absolute atomic E-state index is 14.1. The van der Waals surface area contributed by atoms with E-state index in [4.69, 9.17) is 4.74 Å². The van der Waals surface area contributed by atoms with E-state index in [1.165, 1.54) is 0 Å². The van der Waals surface area contributed by atoms with Crippen molar-refractivity contribution >= 4 is 23.6 Å². The Labute approximate surface area is 228 Å². The topological polar surface area (TPSA) is 87.7 Å². The van der Waals surface area contributed by atoms with Crippen LogP contribution in [0.4, 0.5) is 10.5 Å². The van der Waals surface area contributed by atoms with Gasteiger partial charge in [0.2, 0.25) is 5.91 Å². The zero-order valence-electron chi connectivity index (χ0n) is 24.5. The zero-order valence-corrected chi connectivity index (χ0v) is 24.5. The molecule has 2 aromatic carbocycles. The average molecular weight is 524 g/mol. The third kappa shape index (κ3) is 8.61. The number of benzene rings is 2. The number of alkyl carbamates (subject to hydrolysis) is 1. The molecule has 208 valence electrons. The fraction of sp³-hybridized carbons (Fsp3) is 0.516. The van der Waals surface area contributed by atoms with Crippen LogP contribution in [0.2, 0.25) is 0 Å². The first kappa shape index (κ1) is 30.9. The van der Waals surface area contributed by atoms with Gasteiger partial charge < -0.3 is 20.3 Å². The highest BCUT2D eigenvalue weighted by Crippen LogP contribution is 2.30. The van der Waals surface area contributed by atoms with Gasteiger partial charge in [-0.05, 0) is 84.1 Å². The molecule has 2 N–H and O–H groups in total. The van der Waals surface area contributed by atoms with Crippen molar-refractivity contribution in [3.63, 3.8) is 0 Å². The standard InChI is InChI=1S/C31H45N3O4/c1-10-11-12-18-34(29(36)24(6)32-30(37)38-31(7,8)9)27(25-19-20(2)16-17-21(25)3)28(35)33-26-22(4)14-13-15-23(26)5/h13-17,19,24,27H,10-12,18H2,1-9H3,(H,32,37)(H,33,35). The maximum Gasteiger partial charge on any atom is 0.408 e. The number of para-hydroxylation sites is 1. The predicted octanol–water partition coefficient (Wildman–Crippen LogP) is 6.53. The SMILES string of the molecule is CCCCCN(C(=O)C(C)NC(=O)OC(C)(C)C)C(C(=O)Nc1c(C)cccc1C)c1cc(C)ccc1C. The molecule has 38 heavy (non-hydrogen) atoms. The molecule has 0 aliphatic carbocycles. The van der Waals surface area contributed by atoms with Crippen molar-refractivity contribution in [2.45, 2.75) is 99.3 Å². The maximum atomic E-state index is 14.1. The van der Waals surface area contributed by atoms with Crippen molar-refractivity contribution in [2.75, 3.05) is 11.9 Å². The van der Waals surface area contributed by atoms with Gasteiger partial charge in [0.25, 0.3) is 5.91 Å². The predicted molar refractivity (Wildman–Crippen MR) is 153 cm³/mol. The lowest BCUT2D eigenvalue weighted by Crippen LogP contribution is -2.51. The number of ether oxygens (including phenoxy) is 1. The summed E-state index contributed by atoms with van der Waals surface area (Å²) in [6.07, 6.45) is 1.95. The molecule has 0 bridgehead atoms. The Bertz CT molecular complexity index is 1120. The molecular weight excluding hydrogens is 478 g/mol. The second kappa shape index (κ2) is 13.4. The quantitative estimate of drug-likeness (QED) is 0.347. The van der Waals surface area contributed by atoms with Crippen molar-refractivity contribution < 1.29 is 19.1 Å². The van der Waals surface area contributed by atoms with E-state index >= 15 is 0 Å². The first-order valence-corrected chi connectivity index (χ1v) is 13.5. The molecule has 3 amide bonds. The lowest BCUT2D eigenvalue weighted by Gasteiger charge is -2.34. The summed E-state index contributed by atoms with van der Waals surface area (Å²) in [5, 5.41) is 5.78.